The fraction of sp³-hybridized carbons (Fsp3) is 0.118. The predicted octanol–water partition coefficient (Wildman–Crippen LogP) is 3.12. The topological polar surface area (TPSA) is 57.5 Å². The molecule has 3 rings (SSSR count). The molecule has 2 N–H and O–H groups in total. The van der Waals surface area contributed by atoms with E-state index in [-0.39, 0.29) is 5.56 Å². The first-order valence-corrected chi connectivity index (χ1v) is 6.38. The Morgan fingerprint density at radius 2 is 1.65 bits per heavy atom. The van der Waals surface area contributed by atoms with Crippen LogP contribution in [0, 0.1) is 0 Å². The molecule has 0 saturated carbocycles. The van der Waals surface area contributed by atoms with Gasteiger partial charge in [-0.1, -0.05) is 42.5 Å². The molecule has 3 heteroatoms. The molecule has 2 aromatic carbocycles. The maximum Gasteiger partial charge on any atom is 0.335 e. The van der Waals surface area contributed by atoms with E-state index in [1.54, 1.807) is 25.1 Å². The summed E-state index contributed by atoms with van der Waals surface area (Å²) >= 11 is 0. The van der Waals surface area contributed by atoms with Crippen LogP contribution in [-0.2, 0) is 5.60 Å². The van der Waals surface area contributed by atoms with E-state index in [0.717, 1.165) is 16.7 Å². The van der Waals surface area contributed by atoms with E-state index in [1.165, 1.54) is 0 Å². The number of carboxylic acid groups (broad SMARTS) is 1. The van der Waals surface area contributed by atoms with Gasteiger partial charge in [-0.15, -0.1) is 0 Å². The van der Waals surface area contributed by atoms with Gasteiger partial charge in [0.2, 0.25) is 0 Å². The van der Waals surface area contributed by atoms with Gasteiger partial charge in [0.05, 0.1) is 5.56 Å². The Morgan fingerprint density at radius 1 is 1.00 bits per heavy atom. The number of hydrogen-bond acceptors (Lipinski definition) is 2. The highest BCUT2D eigenvalue weighted by Crippen LogP contribution is 2.37. The van der Waals surface area contributed by atoms with Gasteiger partial charge in [0.15, 0.2) is 0 Å². The van der Waals surface area contributed by atoms with E-state index in [9.17, 15) is 9.90 Å². The molecule has 100 valence electrons. The third-order valence-electron chi connectivity index (χ3n) is 3.75. The summed E-state index contributed by atoms with van der Waals surface area (Å²) < 4.78 is 0. The van der Waals surface area contributed by atoms with Crippen molar-refractivity contribution in [2.75, 3.05) is 0 Å². The van der Waals surface area contributed by atoms with Crippen LogP contribution < -0.4 is 0 Å². The molecule has 0 radical (unpaired) electrons. The molecule has 1 unspecified atom stereocenters. The SMILES string of the molecule is CC1(O)c2ccccc2C=Cc2ccc(C(=O)O)cc21. The fourth-order valence-electron chi connectivity index (χ4n) is 2.67. The molecule has 20 heavy (non-hydrogen) atoms. The van der Waals surface area contributed by atoms with Crippen LogP contribution in [0.4, 0.5) is 0 Å². The van der Waals surface area contributed by atoms with Gasteiger partial charge in [-0.25, -0.2) is 4.79 Å². The molecule has 2 aromatic rings. The fourth-order valence-corrected chi connectivity index (χ4v) is 2.67. The zero-order valence-electron chi connectivity index (χ0n) is 11.0. The maximum atomic E-state index is 11.1. The summed E-state index contributed by atoms with van der Waals surface area (Å²) in [5.74, 6) is -0.995. The van der Waals surface area contributed by atoms with Crippen molar-refractivity contribution in [3.05, 3.63) is 70.3 Å². The lowest BCUT2D eigenvalue weighted by molar-refractivity contribution is 0.0695. The lowest BCUT2D eigenvalue weighted by atomic mass is 9.84. The second kappa shape index (κ2) is 4.32. The summed E-state index contributed by atoms with van der Waals surface area (Å²) in [5, 5.41) is 20.1. The first-order chi connectivity index (χ1) is 9.50. The summed E-state index contributed by atoms with van der Waals surface area (Å²) in [5.41, 5.74) is 2.11. The Kier molecular flexibility index (Phi) is 2.73. The van der Waals surface area contributed by atoms with Crippen molar-refractivity contribution >= 4 is 18.1 Å². The lowest BCUT2D eigenvalue weighted by Crippen LogP contribution is -2.24. The van der Waals surface area contributed by atoms with Crippen molar-refractivity contribution in [1.82, 2.24) is 0 Å². The molecule has 0 spiro atoms. The molecule has 0 aromatic heterocycles. The molecule has 0 amide bonds. The van der Waals surface area contributed by atoms with Gasteiger partial charge in [0, 0.05) is 0 Å². The maximum absolute atomic E-state index is 11.1. The first-order valence-electron chi connectivity index (χ1n) is 6.38. The highest BCUT2D eigenvalue weighted by molar-refractivity contribution is 5.89. The molecular formula is C17H14O3. The van der Waals surface area contributed by atoms with Crippen LogP contribution >= 0.6 is 0 Å². The third kappa shape index (κ3) is 1.84. The Hall–Kier alpha value is -2.39. The van der Waals surface area contributed by atoms with Gasteiger partial charge in [0.25, 0.3) is 0 Å². The zero-order chi connectivity index (χ0) is 14.3. The van der Waals surface area contributed by atoms with Crippen LogP contribution in [0.2, 0.25) is 0 Å². The quantitative estimate of drug-likeness (QED) is 0.833. The predicted molar refractivity (Wildman–Crippen MR) is 77.4 cm³/mol. The van der Waals surface area contributed by atoms with Crippen LogP contribution in [0.15, 0.2) is 42.5 Å². The van der Waals surface area contributed by atoms with Gasteiger partial charge < -0.3 is 10.2 Å². The molecule has 1 aliphatic rings. The minimum atomic E-state index is -1.22. The number of carboxylic acids is 1. The van der Waals surface area contributed by atoms with Gasteiger partial charge in [0.1, 0.15) is 5.60 Å². The molecule has 3 nitrogen and oxygen atoms in total. The van der Waals surface area contributed by atoms with E-state index >= 15 is 0 Å². The summed E-state index contributed by atoms with van der Waals surface area (Å²) in [6.45, 7) is 1.70. The standard InChI is InChI=1S/C17H14O3/c1-17(20)14-5-3-2-4-11(14)6-7-12-8-9-13(16(18)19)10-15(12)17/h2-10,20H,1H3,(H,18,19). The molecule has 0 fully saturated rings. The minimum absolute atomic E-state index is 0.178. The molecule has 0 bridgehead atoms. The number of aliphatic hydroxyl groups is 1. The second-order valence-corrected chi connectivity index (χ2v) is 5.10. The van der Waals surface area contributed by atoms with E-state index in [1.807, 2.05) is 36.4 Å². The summed E-state index contributed by atoms with van der Waals surface area (Å²) in [7, 11) is 0. The van der Waals surface area contributed by atoms with Crippen molar-refractivity contribution in [2.24, 2.45) is 0 Å². The number of aromatic carboxylic acids is 1. The summed E-state index contributed by atoms with van der Waals surface area (Å²) in [6, 6.07) is 12.4. The number of fused-ring (bicyclic) bond motifs is 2. The molecule has 0 aliphatic heterocycles. The number of carbonyl (C=O) groups is 1. The van der Waals surface area contributed by atoms with Gasteiger partial charge in [-0.2, -0.15) is 0 Å². The number of rotatable bonds is 1. The molecule has 1 aliphatic carbocycles. The highest BCUT2D eigenvalue weighted by atomic mass is 16.4. The molecular weight excluding hydrogens is 252 g/mol. The van der Waals surface area contributed by atoms with Crippen LogP contribution in [0.3, 0.4) is 0 Å². The van der Waals surface area contributed by atoms with Crippen LogP contribution in [-0.4, -0.2) is 16.2 Å². The Balaban J connectivity index is 2.29. The minimum Gasteiger partial charge on any atom is -0.478 e. The van der Waals surface area contributed by atoms with E-state index < -0.39 is 11.6 Å². The van der Waals surface area contributed by atoms with E-state index in [2.05, 4.69) is 0 Å². The average Bonchev–Trinajstić information content (AvgIpc) is 2.55. The Labute approximate surface area is 116 Å². The van der Waals surface area contributed by atoms with Gasteiger partial charge in [-0.3, -0.25) is 0 Å². The third-order valence-corrected chi connectivity index (χ3v) is 3.75. The molecule has 1 atom stereocenters. The van der Waals surface area contributed by atoms with Crippen molar-refractivity contribution in [3.63, 3.8) is 0 Å². The Morgan fingerprint density at radius 3 is 2.35 bits per heavy atom. The zero-order valence-corrected chi connectivity index (χ0v) is 11.0. The normalized spacial score (nSPS) is 19.9. The van der Waals surface area contributed by atoms with Crippen molar-refractivity contribution < 1.29 is 15.0 Å². The van der Waals surface area contributed by atoms with Gasteiger partial charge in [-0.05, 0) is 41.3 Å². The highest BCUT2D eigenvalue weighted by Gasteiger charge is 2.31. The van der Waals surface area contributed by atoms with E-state index in [4.69, 9.17) is 5.11 Å². The monoisotopic (exact) mass is 266 g/mol. The first kappa shape index (κ1) is 12.6. The summed E-state index contributed by atoms with van der Waals surface area (Å²) in [6.07, 6.45) is 3.84. The van der Waals surface area contributed by atoms with Crippen molar-refractivity contribution in [1.29, 1.82) is 0 Å². The van der Waals surface area contributed by atoms with E-state index in [0.29, 0.717) is 5.56 Å². The lowest BCUT2D eigenvalue weighted by Gasteiger charge is -2.26. The number of hydrogen-bond donors (Lipinski definition) is 2. The van der Waals surface area contributed by atoms with Gasteiger partial charge >= 0.3 is 5.97 Å². The van der Waals surface area contributed by atoms with Crippen molar-refractivity contribution in [3.8, 4) is 0 Å². The second-order valence-electron chi connectivity index (χ2n) is 5.10. The Bertz CT molecular complexity index is 727. The average molecular weight is 266 g/mol. The summed E-state index contributed by atoms with van der Waals surface area (Å²) in [4.78, 5) is 11.1. The molecule has 0 saturated heterocycles. The van der Waals surface area contributed by atoms with Crippen LogP contribution in [0.5, 0.6) is 0 Å². The van der Waals surface area contributed by atoms with Crippen LogP contribution in [0.25, 0.3) is 12.2 Å². The largest absolute Gasteiger partial charge is 0.478 e. The molecule has 0 heterocycles. The smallest absolute Gasteiger partial charge is 0.335 e. The number of benzene rings is 2. The van der Waals surface area contributed by atoms with Crippen LogP contribution in [0.1, 0.15) is 39.5 Å². The van der Waals surface area contributed by atoms with Crippen molar-refractivity contribution in [2.45, 2.75) is 12.5 Å².